The van der Waals surface area contributed by atoms with Crippen LogP contribution in [0, 0.1) is 0 Å². The summed E-state index contributed by atoms with van der Waals surface area (Å²) in [4.78, 5) is 13.9. The number of rotatable bonds is 15. The van der Waals surface area contributed by atoms with E-state index < -0.39 is 17.3 Å². The molecule has 0 aliphatic heterocycles. The van der Waals surface area contributed by atoms with Gasteiger partial charge in [0.15, 0.2) is 12.2 Å². The number of unbranched alkanes of at least 4 members (excludes halogenated alkanes) is 1. The molecule has 3 heterocycles. The maximum absolute atomic E-state index is 12.8. The van der Waals surface area contributed by atoms with Crippen LogP contribution in [0.15, 0.2) is 174 Å². The molecule has 58 heavy (non-hydrogen) atoms. The van der Waals surface area contributed by atoms with Gasteiger partial charge in [0, 0.05) is 12.3 Å². The molecule has 290 valence electrons. The van der Waals surface area contributed by atoms with Crippen LogP contribution in [0.2, 0.25) is 0 Å². The fourth-order valence-corrected chi connectivity index (χ4v) is 7.21. The van der Waals surface area contributed by atoms with E-state index in [4.69, 9.17) is 18.6 Å². The lowest BCUT2D eigenvalue weighted by Crippen LogP contribution is -2.36. The predicted molar refractivity (Wildman–Crippen MR) is 217 cm³/mol. The van der Waals surface area contributed by atoms with Gasteiger partial charge in [0.2, 0.25) is 5.89 Å². The lowest BCUT2D eigenvalue weighted by molar-refractivity contribution is -0.137. The molecule has 0 aliphatic carbocycles. The smallest absolute Gasteiger partial charge is 0.416 e. The molecule has 0 atom stereocenters. The van der Waals surface area contributed by atoms with Crippen molar-refractivity contribution < 1.29 is 26.7 Å². The molecule has 0 bridgehead atoms. The fourth-order valence-electron chi connectivity index (χ4n) is 7.21. The predicted octanol–water partition coefficient (Wildman–Crippen LogP) is 11.7. The summed E-state index contributed by atoms with van der Waals surface area (Å²) in [5, 5.41) is 0. The van der Waals surface area contributed by atoms with Crippen molar-refractivity contribution in [2.45, 2.75) is 44.0 Å². The Morgan fingerprint density at radius 2 is 1.26 bits per heavy atom. The number of alkyl halides is 3. The zero-order chi connectivity index (χ0) is 39.8. The highest BCUT2D eigenvalue weighted by Crippen LogP contribution is 2.41. The van der Waals surface area contributed by atoms with E-state index in [2.05, 4.69) is 106 Å². The second-order valence-electron chi connectivity index (χ2n) is 13.9. The standard InChI is InChI=1S/C48H39F3N4O3/c49-48(50,51)40-25-20-36(21-26-40)24-29-45-54-41(32-57-45)31-56-42-27-22-35(23-28-42)12-10-11-19-43-46(58-34-53-43)44-30-55(33-52-44)47(37-13-4-1-5-14-37,38-15-6-2-7-16-38)39-17-8-3-9-18-39/h1-9,13-18,20-30,32-34H,10-12,19,31H2/b29-24+. The highest BCUT2D eigenvalue weighted by Gasteiger charge is 2.38. The summed E-state index contributed by atoms with van der Waals surface area (Å²) in [6.07, 6.45) is 9.35. The van der Waals surface area contributed by atoms with Crippen molar-refractivity contribution in [1.82, 2.24) is 19.5 Å². The summed E-state index contributed by atoms with van der Waals surface area (Å²) in [5.74, 6) is 1.71. The molecule has 0 radical (unpaired) electrons. The number of hydrogen-bond donors (Lipinski definition) is 0. The van der Waals surface area contributed by atoms with E-state index in [9.17, 15) is 13.2 Å². The fraction of sp³-hybridized carbons (Fsp3) is 0.146. The molecular formula is C48H39F3N4O3. The van der Waals surface area contributed by atoms with Crippen LogP contribution in [0.3, 0.4) is 0 Å². The maximum Gasteiger partial charge on any atom is 0.416 e. The lowest BCUT2D eigenvalue weighted by atomic mass is 9.77. The first kappa shape index (κ1) is 38.0. The number of hydrogen-bond acceptors (Lipinski definition) is 6. The van der Waals surface area contributed by atoms with Crippen LogP contribution in [-0.4, -0.2) is 19.5 Å². The first-order chi connectivity index (χ1) is 28.4. The number of benzene rings is 5. The highest BCUT2D eigenvalue weighted by atomic mass is 19.4. The Hall–Kier alpha value is -6.94. The van der Waals surface area contributed by atoms with E-state index in [1.165, 1.54) is 30.4 Å². The summed E-state index contributed by atoms with van der Waals surface area (Å²) in [6, 6.07) is 44.4. The molecule has 5 aromatic carbocycles. The quantitative estimate of drug-likeness (QED) is 0.0762. The summed E-state index contributed by atoms with van der Waals surface area (Å²) >= 11 is 0. The molecule has 8 rings (SSSR count). The molecule has 10 heteroatoms. The number of aromatic nitrogens is 4. The molecule has 7 nitrogen and oxygen atoms in total. The van der Waals surface area contributed by atoms with Gasteiger partial charge in [-0.2, -0.15) is 13.2 Å². The van der Waals surface area contributed by atoms with Crippen molar-refractivity contribution in [2.75, 3.05) is 0 Å². The molecule has 8 aromatic rings. The normalized spacial score (nSPS) is 12.0. The molecule has 0 unspecified atom stereocenters. The third-order valence-corrected chi connectivity index (χ3v) is 10.1. The van der Waals surface area contributed by atoms with Gasteiger partial charge in [0.25, 0.3) is 0 Å². The lowest BCUT2D eigenvalue weighted by Gasteiger charge is -2.37. The van der Waals surface area contributed by atoms with Crippen molar-refractivity contribution in [3.05, 3.63) is 215 Å². The van der Waals surface area contributed by atoms with Gasteiger partial charge in [0.05, 0.1) is 17.6 Å². The van der Waals surface area contributed by atoms with E-state index >= 15 is 0 Å². The number of ether oxygens (including phenoxy) is 1. The third kappa shape index (κ3) is 8.41. The van der Waals surface area contributed by atoms with E-state index in [1.54, 1.807) is 12.2 Å². The number of halogens is 3. The van der Waals surface area contributed by atoms with Crippen LogP contribution in [0.1, 0.15) is 63.5 Å². The summed E-state index contributed by atoms with van der Waals surface area (Å²) in [5.41, 5.74) is 5.99. The molecule has 3 aromatic heterocycles. The maximum atomic E-state index is 12.8. The first-order valence-electron chi connectivity index (χ1n) is 19.0. The van der Waals surface area contributed by atoms with E-state index in [1.807, 2.05) is 36.7 Å². The Morgan fingerprint density at radius 3 is 1.88 bits per heavy atom. The zero-order valence-electron chi connectivity index (χ0n) is 31.4. The van der Waals surface area contributed by atoms with Gasteiger partial charge in [-0.3, -0.25) is 0 Å². The topological polar surface area (TPSA) is 79.1 Å². The van der Waals surface area contributed by atoms with Crippen molar-refractivity contribution in [1.29, 1.82) is 0 Å². The Labute approximate surface area is 334 Å². The van der Waals surface area contributed by atoms with Crippen LogP contribution in [0.25, 0.3) is 23.6 Å². The molecular weight excluding hydrogens is 738 g/mol. The molecule has 0 amide bonds. The van der Waals surface area contributed by atoms with Crippen molar-refractivity contribution in [3.8, 4) is 17.2 Å². The number of imidazole rings is 1. The molecule has 0 saturated carbocycles. The number of oxazole rings is 2. The van der Waals surface area contributed by atoms with Gasteiger partial charge in [-0.1, -0.05) is 115 Å². The van der Waals surface area contributed by atoms with Crippen molar-refractivity contribution in [3.63, 3.8) is 0 Å². The molecule has 0 spiro atoms. The number of aryl methyl sites for hydroxylation is 2. The van der Waals surface area contributed by atoms with Gasteiger partial charge in [0.1, 0.15) is 35.5 Å². The second-order valence-corrected chi connectivity index (χ2v) is 13.9. The average molecular weight is 777 g/mol. The van der Waals surface area contributed by atoms with Gasteiger partial charge < -0.3 is 18.1 Å². The molecule has 0 aliphatic rings. The summed E-state index contributed by atoms with van der Waals surface area (Å²) in [7, 11) is 0. The summed E-state index contributed by atoms with van der Waals surface area (Å²) in [6.45, 7) is 0.209. The summed E-state index contributed by atoms with van der Waals surface area (Å²) < 4.78 is 58.0. The zero-order valence-corrected chi connectivity index (χ0v) is 31.4. The monoisotopic (exact) mass is 776 g/mol. The van der Waals surface area contributed by atoms with Crippen molar-refractivity contribution in [2.24, 2.45) is 0 Å². The average Bonchev–Trinajstić information content (AvgIpc) is 4.05. The minimum absolute atomic E-state index is 0.209. The molecule has 0 N–H and O–H groups in total. The Balaban J connectivity index is 0.869. The van der Waals surface area contributed by atoms with Gasteiger partial charge in [-0.15, -0.1) is 0 Å². The minimum atomic E-state index is -4.37. The SMILES string of the molecule is FC(F)(F)c1ccc(/C=C/c2nc(COc3ccc(CCCCc4ncoc4-c4cn(C(c5ccccc5)(c5ccccc5)c5ccccc5)cn4)cc3)co2)cc1. The molecule has 0 saturated heterocycles. The minimum Gasteiger partial charge on any atom is -0.487 e. The second kappa shape index (κ2) is 17.1. The van der Waals surface area contributed by atoms with Crippen molar-refractivity contribution >= 4 is 12.2 Å². The van der Waals surface area contributed by atoms with E-state index in [0.717, 1.165) is 65.9 Å². The Morgan fingerprint density at radius 1 is 0.638 bits per heavy atom. The third-order valence-electron chi connectivity index (χ3n) is 10.1. The van der Waals surface area contributed by atoms with E-state index in [0.29, 0.717) is 28.7 Å². The van der Waals surface area contributed by atoms with Gasteiger partial charge in [-0.25, -0.2) is 15.0 Å². The first-order valence-corrected chi connectivity index (χ1v) is 19.0. The number of nitrogens with zero attached hydrogens (tertiary/aromatic N) is 4. The Kier molecular flexibility index (Phi) is 11.2. The largest absolute Gasteiger partial charge is 0.487 e. The van der Waals surface area contributed by atoms with Gasteiger partial charge >= 0.3 is 6.18 Å². The highest BCUT2D eigenvalue weighted by molar-refractivity contribution is 5.66. The van der Waals surface area contributed by atoms with Crippen LogP contribution in [0.4, 0.5) is 13.2 Å². The molecule has 0 fully saturated rings. The van der Waals surface area contributed by atoms with E-state index in [-0.39, 0.29) is 6.61 Å². The Bertz CT molecular complexity index is 2450. The van der Waals surface area contributed by atoms with Crippen LogP contribution < -0.4 is 4.74 Å². The van der Waals surface area contributed by atoms with Crippen LogP contribution >= 0.6 is 0 Å². The van der Waals surface area contributed by atoms with Crippen LogP contribution in [0.5, 0.6) is 5.75 Å². The van der Waals surface area contributed by atoms with Gasteiger partial charge in [-0.05, 0) is 83.8 Å². The van der Waals surface area contributed by atoms with Crippen LogP contribution in [-0.2, 0) is 31.2 Å².